The summed E-state index contributed by atoms with van der Waals surface area (Å²) in [6.07, 6.45) is -4.98. The minimum Gasteiger partial charge on any atom is -0.171 e. The Labute approximate surface area is 138 Å². The molecule has 2 aromatic rings. The highest BCUT2D eigenvalue weighted by atomic mass is 79.9. The average Bonchev–Trinajstić information content (AvgIpc) is 2.35. The van der Waals surface area contributed by atoms with E-state index in [2.05, 4.69) is 44.5 Å². The maximum atomic E-state index is 11.8. The lowest BCUT2D eigenvalue weighted by Gasteiger charge is -2.05. The van der Waals surface area contributed by atoms with Crippen molar-refractivity contribution in [2.45, 2.75) is 17.5 Å². The minimum absolute atomic E-state index is 0.283. The number of benzene rings is 2. The van der Waals surface area contributed by atoms with Crippen LogP contribution < -0.4 is 0 Å². The summed E-state index contributed by atoms with van der Waals surface area (Å²) in [5, 5.41) is 0. The highest BCUT2D eigenvalue weighted by Gasteiger charge is 2.27. The van der Waals surface area contributed by atoms with Gasteiger partial charge in [0.2, 0.25) is 0 Å². The molecule has 0 amide bonds. The summed E-state index contributed by atoms with van der Waals surface area (Å²) in [5.41, 5.74) is 0.283. The van der Waals surface area contributed by atoms with E-state index < -0.39 is 12.6 Å². The van der Waals surface area contributed by atoms with E-state index in [1.807, 2.05) is 24.3 Å². The fraction of sp³-hybridized carbons (Fsp3) is 0.143. The summed E-state index contributed by atoms with van der Waals surface area (Å²) in [6, 6.07) is 13.9. The molecule has 0 heterocycles. The Kier molecular flexibility index (Phi) is 7.12. The summed E-state index contributed by atoms with van der Waals surface area (Å²) in [6.45, 7) is 0. The zero-order chi connectivity index (χ0) is 15.2. The zero-order valence-corrected chi connectivity index (χ0v) is 14.2. The summed E-state index contributed by atoms with van der Waals surface area (Å²) < 4.78 is 37.4. The Morgan fingerprint density at radius 3 is 1.55 bits per heavy atom. The smallest absolute Gasteiger partial charge is 0.171 e. The SMILES string of the molecule is FC(F)(F)Cc1ccc(Br)cc1.Sc1ccc(Br)cc1. The standard InChI is InChI=1S/C8H6BrF3.C6H5BrS/c9-7-3-1-6(2-4-7)5-8(10,11)12;7-5-1-3-6(8)4-2-5/h1-4H,5H2;1-4,8H. The summed E-state index contributed by atoms with van der Waals surface area (Å²) in [4.78, 5) is 0.994. The molecular formula is C14H11Br2F3S. The third kappa shape index (κ3) is 7.97. The third-order valence-corrected chi connectivity index (χ3v) is 3.50. The second kappa shape index (κ2) is 8.10. The molecule has 0 nitrogen and oxygen atoms in total. The Hall–Kier alpha value is -0.460. The van der Waals surface area contributed by atoms with Crippen LogP contribution in [0.25, 0.3) is 0 Å². The van der Waals surface area contributed by atoms with Gasteiger partial charge in [-0.3, -0.25) is 0 Å². The van der Waals surface area contributed by atoms with Crippen molar-refractivity contribution in [3.63, 3.8) is 0 Å². The Morgan fingerprint density at radius 1 is 0.800 bits per heavy atom. The van der Waals surface area contributed by atoms with Gasteiger partial charge in [-0.15, -0.1) is 12.6 Å². The van der Waals surface area contributed by atoms with Crippen LogP contribution in [0.2, 0.25) is 0 Å². The van der Waals surface area contributed by atoms with E-state index in [0.717, 1.165) is 13.8 Å². The molecule has 0 unspecified atom stereocenters. The van der Waals surface area contributed by atoms with Gasteiger partial charge >= 0.3 is 6.18 Å². The molecule has 2 rings (SSSR count). The number of halogens is 5. The van der Waals surface area contributed by atoms with Gasteiger partial charge in [-0.05, 0) is 42.0 Å². The molecular weight excluding hydrogens is 417 g/mol. The van der Waals surface area contributed by atoms with Crippen LogP contribution in [-0.4, -0.2) is 6.18 Å². The van der Waals surface area contributed by atoms with Crippen LogP contribution in [0, 0.1) is 0 Å². The lowest BCUT2D eigenvalue weighted by molar-refractivity contribution is -0.127. The van der Waals surface area contributed by atoms with Gasteiger partial charge in [0.15, 0.2) is 0 Å². The van der Waals surface area contributed by atoms with Crippen molar-refractivity contribution >= 4 is 44.5 Å². The summed E-state index contributed by atoms with van der Waals surface area (Å²) in [7, 11) is 0. The molecule has 0 spiro atoms. The zero-order valence-electron chi connectivity index (χ0n) is 10.2. The second-order valence-electron chi connectivity index (χ2n) is 3.89. The first-order valence-corrected chi connectivity index (χ1v) is 7.55. The maximum absolute atomic E-state index is 11.8. The fourth-order valence-corrected chi connectivity index (χ4v) is 1.95. The second-order valence-corrected chi connectivity index (χ2v) is 6.24. The van der Waals surface area contributed by atoms with Crippen LogP contribution in [0.4, 0.5) is 13.2 Å². The van der Waals surface area contributed by atoms with Gasteiger partial charge in [0.25, 0.3) is 0 Å². The largest absolute Gasteiger partial charge is 0.393 e. The monoisotopic (exact) mass is 426 g/mol. The Bertz CT molecular complexity index is 501. The first-order valence-electron chi connectivity index (χ1n) is 5.52. The van der Waals surface area contributed by atoms with E-state index in [9.17, 15) is 13.2 Å². The number of thiol groups is 1. The highest BCUT2D eigenvalue weighted by molar-refractivity contribution is 9.10. The van der Waals surface area contributed by atoms with E-state index in [-0.39, 0.29) is 5.56 Å². The van der Waals surface area contributed by atoms with E-state index in [1.165, 1.54) is 12.1 Å². The molecule has 0 bridgehead atoms. The fourth-order valence-electron chi connectivity index (χ4n) is 1.27. The van der Waals surface area contributed by atoms with Gasteiger partial charge < -0.3 is 0 Å². The van der Waals surface area contributed by atoms with Gasteiger partial charge in [0.1, 0.15) is 0 Å². The molecule has 0 radical (unpaired) electrons. The van der Waals surface area contributed by atoms with Crippen molar-refractivity contribution in [2.24, 2.45) is 0 Å². The minimum atomic E-state index is -4.12. The van der Waals surface area contributed by atoms with Crippen molar-refractivity contribution in [1.29, 1.82) is 0 Å². The molecule has 0 aromatic heterocycles. The van der Waals surface area contributed by atoms with Gasteiger partial charge in [0, 0.05) is 13.8 Å². The Morgan fingerprint density at radius 2 is 1.20 bits per heavy atom. The molecule has 0 atom stereocenters. The summed E-state index contributed by atoms with van der Waals surface area (Å²) in [5.74, 6) is 0. The van der Waals surface area contributed by atoms with Crippen molar-refractivity contribution in [1.82, 2.24) is 0 Å². The molecule has 0 saturated carbocycles. The summed E-state index contributed by atoms with van der Waals surface area (Å²) >= 11 is 10.6. The third-order valence-electron chi connectivity index (χ3n) is 2.14. The number of hydrogen-bond acceptors (Lipinski definition) is 1. The lowest BCUT2D eigenvalue weighted by atomic mass is 10.1. The predicted molar refractivity (Wildman–Crippen MR) is 85.3 cm³/mol. The molecule has 2 aromatic carbocycles. The lowest BCUT2D eigenvalue weighted by Crippen LogP contribution is -2.11. The molecule has 0 aliphatic carbocycles. The van der Waals surface area contributed by atoms with E-state index in [4.69, 9.17) is 0 Å². The van der Waals surface area contributed by atoms with Crippen molar-refractivity contribution < 1.29 is 13.2 Å². The molecule has 0 saturated heterocycles. The number of hydrogen-bond donors (Lipinski definition) is 1. The van der Waals surface area contributed by atoms with Crippen LogP contribution in [0.1, 0.15) is 5.56 Å². The quantitative estimate of drug-likeness (QED) is 0.508. The van der Waals surface area contributed by atoms with Crippen molar-refractivity contribution in [3.05, 3.63) is 63.0 Å². The number of alkyl halides is 3. The van der Waals surface area contributed by atoms with E-state index in [1.54, 1.807) is 12.1 Å². The molecule has 0 aliphatic heterocycles. The number of rotatable bonds is 1. The first-order chi connectivity index (χ1) is 9.26. The van der Waals surface area contributed by atoms with Crippen LogP contribution >= 0.6 is 44.5 Å². The van der Waals surface area contributed by atoms with Gasteiger partial charge in [-0.25, -0.2) is 0 Å². The van der Waals surface area contributed by atoms with Crippen molar-refractivity contribution in [2.75, 3.05) is 0 Å². The van der Waals surface area contributed by atoms with Gasteiger partial charge in [0.05, 0.1) is 6.42 Å². The average molecular weight is 428 g/mol. The van der Waals surface area contributed by atoms with E-state index in [0.29, 0.717) is 0 Å². The molecule has 6 heteroatoms. The predicted octanol–water partition coefficient (Wildman–Crippen LogP) is 6.29. The van der Waals surface area contributed by atoms with Crippen LogP contribution in [-0.2, 0) is 6.42 Å². The van der Waals surface area contributed by atoms with Gasteiger partial charge in [-0.2, -0.15) is 13.2 Å². The molecule has 0 N–H and O–H groups in total. The van der Waals surface area contributed by atoms with Crippen LogP contribution in [0.3, 0.4) is 0 Å². The highest BCUT2D eigenvalue weighted by Crippen LogP contribution is 2.22. The normalized spacial score (nSPS) is 10.7. The van der Waals surface area contributed by atoms with Crippen LogP contribution in [0.5, 0.6) is 0 Å². The topological polar surface area (TPSA) is 0 Å². The van der Waals surface area contributed by atoms with Gasteiger partial charge in [-0.1, -0.05) is 44.0 Å². The van der Waals surface area contributed by atoms with Crippen LogP contribution in [0.15, 0.2) is 62.4 Å². The van der Waals surface area contributed by atoms with Crippen molar-refractivity contribution in [3.8, 4) is 0 Å². The maximum Gasteiger partial charge on any atom is 0.393 e. The molecule has 20 heavy (non-hydrogen) atoms. The van der Waals surface area contributed by atoms with E-state index >= 15 is 0 Å². The Balaban J connectivity index is 0.000000217. The molecule has 0 aliphatic rings. The molecule has 108 valence electrons. The molecule has 0 fully saturated rings. The first kappa shape index (κ1) is 17.6.